The number of nitrogens with one attached hydrogen (secondary N) is 2. The van der Waals surface area contributed by atoms with Crippen LogP contribution < -0.4 is 15.5 Å². The zero-order chi connectivity index (χ0) is 16.9. The Balaban J connectivity index is 0.00000225. The topological polar surface area (TPSA) is 83.3 Å². The molecule has 2 N–H and O–H groups in total. The SMILES string of the molecule is CN=C(NCc1nnc(C)n1C)NC1CCN(c2ccccn2)C1.I. The molecule has 1 saturated heterocycles. The molecule has 25 heavy (non-hydrogen) atoms. The quantitative estimate of drug-likeness (QED) is 0.407. The normalized spacial score (nSPS) is 17.3. The Morgan fingerprint density at radius 3 is 2.84 bits per heavy atom. The maximum absolute atomic E-state index is 4.42. The Labute approximate surface area is 165 Å². The molecule has 9 heteroatoms. The molecule has 0 spiro atoms. The van der Waals surface area contributed by atoms with E-state index in [0.29, 0.717) is 12.6 Å². The summed E-state index contributed by atoms with van der Waals surface area (Å²) in [6.45, 7) is 4.44. The monoisotopic (exact) mass is 456 g/mol. The van der Waals surface area contributed by atoms with Crippen LogP contribution in [0.1, 0.15) is 18.1 Å². The molecule has 3 heterocycles. The van der Waals surface area contributed by atoms with Crippen molar-refractivity contribution in [2.24, 2.45) is 12.0 Å². The van der Waals surface area contributed by atoms with Crippen LogP contribution in [0, 0.1) is 6.92 Å². The molecule has 0 saturated carbocycles. The number of nitrogens with zero attached hydrogens (tertiary/aromatic N) is 6. The third-order valence-electron chi connectivity index (χ3n) is 4.32. The summed E-state index contributed by atoms with van der Waals surface area (Å²) < 4.78 is 1.97. The minimum Gasteiger partial charge on any atom is -0.354 e. The first-order chi connectivity index (χ1) is 11.7. The van der Waals surface area contributed by atoms with Crippen LogP contribution in [0.4, 0.5) is 5.82 Å². The molecule has 1 unspecified atom stereocenters. The number of pyridine rings is 1. The fourth-order valence-electron chi connectivity index (χ4n) is 2.78. The van der Waals surface area contributed by atoms with Gasteiger partial charge in [-0.1, -0.05) is 6.07 Å². The van der Waals surface area contributed by atoms with Gasteiger partial charge in [-0.2, -0.15) is 0 Å². The van der Waals surface area contributed by atoms with Crippen LogP contribution in [-0.4, -0.2) is 51.9 Å². The molecule has 2 aromatic heterocycles. The maximum atomic E-state index is 4.42. The molecular weight excluding hydrogens is 431 g/mol. The molecular formula is C16H25IN8. The van der Waals surface area contributed by atoms with Gasteiger partial charge in [-0.3, -0.25) is 4.99 Å². The van der Waals surface area contributed by atoms with Gasteiger partial charge in [0.2, 0.25) is 0 Å². The highest BCUT2D eigenvalue weighted by molar-refractivity contribution is 14.0. The Kier molecular flexibility index (Phi) is 6.97. The van der Waals surface area contributed by atoms with Gasteiger partial charge in [-0.05, 0) is 25.5 Å². The van der Waals surface area contributed by atoms with E-state index in [0.717, 1.165) is 42.9 Å². The Bertz CT molecular complexity index is 699. The second kappa shape index (κ2) is 8.97. The van der Waals surface area contributed by atoms with Crippen molar-refractivity contribution in [1.82, 2.24) is 30.4 Å². The van der Waals surface area contributed by atoms with E-state index in [9.17, 15) is 0 Å². The molecule has 0 aromatic carbocycles. The van der Waals surface area contributed by atoms with E-state index in [2.05, 4.69) is 35.7 Å². The number of anilines is 1. The number of aryl methyl sites for hydroxylation is 1. The Hall–Kier alpha value is -1.91. The molecule has 8 nitrogen and oxygen atoms in total. The summed E-state index contributed by atoms with van der Waals surface area (Å²) in [6, 6.07) is 6.35. The molecule has 0 amide bonds. The third-order valence-corrected chi connectivity index (χ3v) is 4.32. The molecule has 1 aliphatic heterocycles. The summed E-state index contributed by atoms with van der Waals surface area (Å²) in [5, 5.41) is 15.0. The molecule has 0 bridgehead atoms. The van der Waals surface area contributed by atoms with Gasteiger partial charge in [0.05, 0.1) is 6.54 Å². The number of aliphatic imine (C=N–C) groups is 1. The molecule has 0 radical (unpaired) electrons. The lowest BCUT2D eigenvalue weighted by Crippen LogP contribution is -2.44. The highest BCUT2D eigenvalue weighted by Crippen LogP contribution is 2.17. The second-order valence-electron chi connectivity index (χ2n) is 5.91. The summed E-state index contributed by atoms with van der Waals surface area (Å²) in [6.07, 6.45) is 2.89. The zero-order valence-corrected chi connectivity index (χ0v) is 17.1. The van der Waals surface area contributed by atoms with E-state index in [-0.39, 0.29) is 24.0 Å². The summed E-state index contributed by atoms with van der Waals surface area (Å²) in [4.78, 5) is 11.0. The van der Waals surface area contributed by atoms with Crippen LogP contribution in [0.15, 0.2) is 29.4 Å². The standard InChI is InChI=1S/C16H24N8.HI/c1-12-21-22-15(23(12)3)10-19-16(17-2)20-13-7-9-24(11-13)14-6-4-5-8-18-14;/h4-6,8,13H,7,9-11H2,1-3H3,(H2,17,19,20);1H. The van der Waals surface area contributed by atoms with E-state index in [1.165, 1.54) is 0 Å². The van der Waals surface area contributed by atoms with Crippen LogP contribution in [0.5, 0.6) is 0 Å². The Morgan fingerprint density at radius 2 is 2.20 bits per heavy atom. The summed E-state index contributed by atoms with van der Waals surface area (Å²) in [5.41, 5.74) is 0. The molecule has 1 aliphatic rings. The first-order valence-corrected chi connectivity index (χ1v) is 8.15. The molecule has 1 fully saturated rings. The predicted molar refractivity (Wildman–Crippen MR) is 109 cm³/mol. The number of halogens is 1. The lowest BCUT2D eigenvalue weighted by molar-refractivity contribution is 0.639. The van der Waals surface area contributed by atoms with Gasteiger partial charge in [0.15, 0.2) is 11.8 Å². The highest BCUT2D eigenvalue weighted by atomic mass is 127. The van der Waals surface area contributed by atoms with E-state index in [1.807, 2.05) is 42.9 Å². The fraction of sp³-hybridized carbons (Fsp3) is 0.500. The number of rotatable bonds is 4. The predicted octanol–water partition coefficient (Wildman–Crippen LogP) is 1.08. The van der Waals surface area contributed by atoms with E-state index < -0.39 is 0 Å². The maximum Gasteiger partial charge on any atom is 0.191 e. The van der Waals surface area contributed by atoms with Gasteiger partial charge in [0.1, 0.15) is 11.6 Å². The van der Waals surface area contributed by atoms with Crippen molar-refractivity contribution < 1.29 is 0 Å². The minimum atomic E-state index is 0. The van der Waals surface area contributed by atoms with Crippen LogP contribution >= 0.6 is 24.0 Å². The van der Waals surface area contributed by atoms with Crippen molar-refractivity contribution in [2.45, 2.75) is 25.9 Å². The number of hydrogen-bond acceptors (Lipinski definition) is 5. The van der Waals surface area contributed by atoms with Crippen molar-refractivity contribution in [1.29, 1.82) is 0 Å². The smallest absolute Gasteiger partial charge is 0.191 e. The van der Waals surface area contributed by atoms with Crippen molar-refractivity contribution in [3.05, 3.63) is 36.0 Å². The van der Waals surface area contributed by atoms with Crippen LogP contribution in [-0.2, 0) is 13.6 Å². The van der Waals surface area contributed by atoms with Crippen LogP contribution in [0.3, 0.4) is 0 Å². The van der Waals surface area contributed by atoms with E-state index in [4.69, 9.17) is 0 Å². The van der Waals surface area contributed by atoms with Gasteiger partial charge < -0.3 is 20.1 Å². The van der Waals surface area contributed by atoms with Gasteiger partial charge in [-0.25, -0.2) is 4.98 Å². The number of guanidine groups is 1. The minimum absolute atomic E-state index is 0. The van der Waals surface area contributed by atoms with Crippen LogP contribution in [0.2, 0.25) is 0 Å². The van der Waals surface area contributed by atoms with Gasteiger partial charge >= 0.3 is 0 Å². The molecule has 136 valence electrons. The van der Waals surface area contributed by atoms with Gasteiger partial charge in [0, 0.05) is 39.4 Å². The third kappa shape index (κ3) is 4.80. The lowest BCUT2D eigenvalue weighted by atomic mass is 10.3. The first kappa shape index (κ1) is 19.4. The summed E-state index contributed by atoms with van der Waals surface area (Å²) in [5.74, 6) is 3.59. The zero-order valence-electron chi connectivity index (χ0n) is 14.8. The van der Waals surface area contributed by atoms with Crippen molar-refractivity contribution in [2.75, 3.05) is 25.0 Å². The average Bonchev–Trinajstić information content (AvgIpc) is 3.20. The first-order valence-electron chi connectivity index (χ1n) is 8.15. The fourth-order valence-corrected chi connectivity index (χ4v) is 2.78. The largest absolute Gasteiger partial charge is 0.354 e. The molecule has 0 aliphatic carbocycles. The van der Waals surface area contributed by atoms with Crippen LogP contribution in [0.25, 0.3) is 0 Å². The Morgan fingerprint density at radius 1 is 1.36 bits per heavy atom. The summed E-state index contributed by atoms with van der Waals surface area (Å²) in [7, 11) is 3.74. The lowest BCUT2D eigenvalue weighted by Gasteiger charge is -2.19. The number of hydrogen-bond donors (Lipinski definition) is 2. The van der Waals surface area contributed by atoms with Gasteiger partial charge in [-0.15, -0.1) is 34.2 Å². The number of aromatic nitrogens is 4. The van der Waals surface area contributed by atoms with E-state index >= 15 is 0 Å². The second-order valence-corrected chi connectivity index (χ2v) is 5.91. The van der Waals surface area contributed by atoms with Crippen molar-refractivity contribution >= 4 is 35.8 Å². The molecule has 2 aromatic rings. The summed E-state index contributed by atoms with van der Waals surface area (Å²) >= 11 is 0. The van der Waals surface area contributed by atoms with Gasteiger partial charge in [0.25, 0.3) is 0 Å². The van der Waals surface area contributed by atoms with Crippen molar-refractivity contribution in [3.63, 3.8) is 0 Å². The molecule has 1 atom stereocenters. The van der Waals surface area contributed by atoms with E-state index in [1.54, 1.807) is 7.05 Å². The molecule has 3 rings (SSSR count). The highest BCUT2D eigenvalue weighted by Gasteiger charge is 2.24. The average molecular weight is 456 g/mol. The van der Waals surface area contributed by atoms with Crippen molar-refractivity contribution in [3.8, 4) is 0 Å².